The van der Waals surface area contributed by atoms with Crippen molar-refractivity contribution in [3.63, 3.8) is 0 Å². The number of sulfonamides is 1. The summed E-state index contributed by atoms with van der Waals surface area (Å²) in [4.78, 5) is 0. The maximum Gasteiger partial charge on any atom is 0.215 e. The first-order valence-corrected chi connectivity index (χ1v) is 8.24. The van der Waals surface area contributed by atoms with E-state index in [1.54, 1.807) is 12.1 Å². The standard InChI is InChI=1S/C15H19NO4S/c1-12-5-7-13(8-6-12)11-21(17,18)16-10-15(19-2)14-4-3-9-20-14/h3-9,15-16H,10-11H2,1-2H3. The minimum Gasteiger partial charge on any atom is -0.467 e. The van der Waals surface area contributed by atoms with Gasteiger partial charge in [-0.2, -0.15) is 0 Å². The maximum atomic E-state index is 12.1. The summed E-state index contributed by atoms with van der Waals surface area (Å²) >= 11 is 0. The largest absolute Gasteiger partial charge is 0.467 e. The Morgan fingerprint density at radius 2 is 1.95 bits per heavy atom. The highest BCUT2D eigenvalue weighted by Gasteiger charge is 2.18. The van der Waals surface area contributed by atoms with Crippen molar-refractivity contribution in [2.24, 2.45) is 0 Å². The molecule has 1 atom stereocenters. The first-order valence-electron chi connectivity index (χ1n) is 6.59. The van der Waals surface area contributed by atoms with E-state index in [0.29, 0.717) is 5.76 Å². The van der Waals surface area contributed by atoms with Gasteiger partial charge in [0.15, 0.2) is 0 Å². The fourth-order valence-electron chi connectivity index (χ4n) is 1.93. The zero-order valence-electron chi connectivity index (χ0n) is 12.1. The van der Waals surface area contributed by atoms with Crippen LogP contribution in [0, 0.1) is 6.92 Å². The molecule has 0 aliphatic rings. The molecule has 2 aromatic rings. The predicted octanol–water partition coefficient (Wildman–Crippen LogP) is 2.40. The molecule has 1 aromatic heterocycles. The van der Waals surface area contributed by atoms with Gasteiger partial charge in [0, 0.05) is 13.7 Å². The topological polar surface area (TPSA) is 68.5 Å². The Balaban J connectivity index is 1.96. The molecule has 0 amide bonds. The Morgan fingerprint density at radius 1 is 1.24 bits per heavy atom. The molecule has 0 aliphatic carbocycles. The van der Waals surface area contributed by atoms with E-state index >= 15 is 0 Å². The first-order chi connectivity index (χ1) is 10.00. The van der Waals surface area contributed by atoms with Crippen LogP contribution in [0.1, 0.15) is 23.0 Å². The highest BCUT2D eigenvalue weighted by Crippen LogP contribution is 2.16. The fourth-order valence-corrected chi connectivity index (χ4v) is 3.07. The second-order valence-electron chi connectivity index (χ2n) is 4.83. The number of benzene rings is 1. The molecule has 0 saturated carbocycles. The van der Waals surface area contributed by atoms with Crippen molar-refractivity contribution >= 4 is 10.0 Å². The molecule has 0 radical (unpaired) electrons. The highest BCUT2D eigenvalue weighted by atomic mass is 32.2. The van der Waals surface area contributed by atoms with E-state index in [1.807, 2.05) is 31.2 Å². The van der Waals surface area contributed by atoms with Crippen LogP contribution < -0.4 is 4.72 Å². The Morgan fingerprint density at radius 3 is 2.52 bits per heavy atom. The van der Waals surface area contributed by atoms with Gasteiger partial charge in [-0.05, 0) is 24.6 Å². The van der Waals surface area contributed by atoms with Crippen LogP contribution in [-0.4, -0.2) is 22.1 Å². The lowest BCUT2D eigenvalue weighted by atomic mass is 10.2. The Bertz CT molecular complexity index is 647. The molecule has 0 saturated heterocycles. The monoisotopic (exact) mass is 309 g/mol. The van der Waals surface area contributed by atoms with E-state index in [2.05, 4.69) is 4.72 Å². The fraction of sp³-hybridized carbons (Fsp3) is 0.333. The zero-order chi connectivity index (χ0) is 15.3. The van der Waals surface area contributed by atoms with Crippen molar-refractivity contribution in [2.45, 2.75) is 18.8 Å². The summed E-state index contributed by atoms with van der Waals surface area (Å²) < 4.78 is 37.2. The van der Waals surface area contributed by atoms with Crippen LogP contribution in [0.4, 0.5) is 0 Å². The van der Waals surface area contributed by atoms with E-state index in [0.717, 1.165) is 11.1 Å². The Labute approximate surface area is 125 Å². The van der Waals surface area contributed by atoms with Gasteiger partial charge in [0.25, 0.3) is 0 Å². The molecule has 1 unspecified atom stereocenters. The van der Waals surface area contributed by atoms with Crippen LogP contribution in [0.25, 0.3) is 0 Å². The minimum absolute atomic E-state index is 0.0537. The molecule has 0 spiro atoms. The zero-order valence-corrected chi connectivity index (χ0v) is 12.9. The van der Waals surface area contributed by atoms with E-state index in [9.17, 15) is 8.42 Å². The molecule has 0 fully saturated rings. The summed E-state index contributed by atoms with van der Waals surface area (Å²) in [6.07, 6.45) is 1.09. The number of rotatable bonds is 7. The van der Waals surface area contributed by atoms with E-state index in [1.165, 1.54) is 13.4 Å². The quantitative estimate of drug-likeness (QED) is 0.852. The first kappa shape index (κ1) is 15.8. The average molecular weight is 309 g/mol. The van der Waals surface area contributed by atoms with E-state index < -0.39 is 16.1 Å². The van der Waals surface area contributed by atoms with Gasteiger partial charge in [-0.1, -0.05) is 29.8 Å². The average Bonchev–Trinajstić information content (AvgIpc) is 2.96. The van der Waals surface area contributed by atoms with Gasteiger partial charge < -0.3 is 9.15 Å². The number of furan rings is 1. The van der Waals surface area contributed by atoms with Crippen LogP contribution in [0.2, 0.25) is 0 Å². The summed E-state index contributed by atoms with van der Waals surface area (Å²) in [5.74, 6) is 0.539. The van der Waals surface area contributed by atoms with Crippen molar-refractivity contribution in [3.8, 4) is 0 Å². The Kier molecular flexibility index (Phi) is 5.17. The molecule has 114 valence electrons. The summed E-state index contributed by atoms with van der Waals surface area (Å²) in [7, 11) is -1.90. The lowest BCUT2D eigenvalue weighted by Gasteiger charge is -2.14. The number of aryl methyl sites for hydroxylation is 1. The van der Waals surface area contributed by atoms with E-state index in [4.69, 9.17) is 9.15 Å². The second-order valence-corrected chi connectivity index (χ2v) is 6.64. The summed E-state index contributed by atoms with van der Waals surface area (Å²) in [6.45, 7) is 2.10. The summed E-state index contributed by atoms with van der Waals surface area (Å²) in [5.41, 5.74) is 1.85. The van der Waals surface area contributed by atoms with Crippen molar-refractivity contribution in [1.29, 1.82) is 0 Å². The number of hydrogen-bond donors (Lipinski definition) is 1. The molecular weight excluding hydrogens is 290 g/mol. The van der Waals surface area contributed by atoms with Gasteiger partial charge in [0.1, 0.15) is 11.9 Å². The smallest absolute Gasteiger partial charge is 0.215 e. The van der Waals surface area contributed by atoms with Crippen LogP contribution in [0.3, 0.4) is 0 Å². The molecule has 2 rings (SSSR count). The van der Waals surface area contributed by atoms with E-state index in [-0.39, 0.29) is 12.3 Å². The van der Waals surface area contributed by atoms with Gasteiger partial charge in [-0.3, -0.25) is 0 Å². The molecule has 6 heteroatoms. The summed E-state index contributed by atoms with van der Waals surface area (Å²) in [6, 6.07) is 10.9. The number of nitrogens with one attached hydrogen (secondary N) is 1. The normalized spacial score (nSPS) is 13.2. The highest BCUT2D eigenvalue weighted by molar-refractivity contribution is 7.88. The SMILES string of the molecule is COC(CNS(=O)(=O)Cc1ccc(C)cc1)c1ccco1. The third-order valence-electron chi connectivity index (χ3n) is 3.11. The van der Waals surface area contributed by atoms with Gasteiger partial charge in [0.05, 0.1) is 12.0 Å². The van der Waals surface area contributed by atoms with Crippen LogP contribution >= 0.6 is 0 Å². The molecule has 21 heavy (non-hydrogen) atoms. The minimum atomic E-state index is -3.42. The van der Waals surface area contributed by atoms with Crippen molar-refractivity contribution in [1.82, 2.24) is 4.72 Å². The Hall–Kier alpha value is -1.63. The van der Waals surface area contributed by atoms with Crippen molar-refractivity contribution in [2.75, 3.05) is 13.7 Å². The molecule has 0 aliphatic heterocycles. The predicted molar refractivity (Wildman–Crippen MR) is 80.3 cm³/mol. The maximum absolute atomic E-state index is 12.1. The summed E-state index contributed by atoms with van der Waals surface area (Å²) in [5, 5.41) is 0. The van der Waals surface area contributed by atoms with Gasteiger partial charge in [0.2, 0.25) is 10.0 Å². The van der Waals surface area contributed by atoms with Crippen LogP contribution in [-0.2, 0) is 20.5 Å². The molecule has 5 nitrogen and oxygen atoms in total. The molecule has 1 N–H and O–H groups in total. The number of ether oxygens (including phenoxy) is 1. The van der Waals surface area contributed by atoms with Crippen molar-refractivity contribution in [3.05, 3.63) is 59.5 Å². The third-order valence-corrected chi connectivity index (χ3v) is 4.43. The molecule has 1 heterocycles. The lowest BCUT2D eigenvalue weighted by Crippen LogP contribution is -2.30. The number of methoxy groups -OCH3 is 1. The van der Waals surface area contributed by atoms with Crippen molar-refractivity contribution < 1.29 is 17.6 Å². The lowest BCUT2D eigenvalue weighted by molar-refractivity contribution is 0.0878. The second kappa shape index (κ2) is 6.89. The molecule has 1 aromatic carbocycles. The third kappa shape index (κ3) is 4.70. The van der Waals surface area contributed by atoms with Crippen LogP contribution in [0.5, 0.6) is 0 Å². The number of hydrogen-bond acceptors (Lipinski definition) is 4. The van der Waals surface area contributed by atoms with Gasteiger partial charge in [-0.15, -0.1) is 0 Å². The van der Waals surface area contributed by atoms with Crippen LogP contribution in [0.15, 0.2) is 47.1 Å². The van der Waals surface area contributed by atoms with Gasteiger partial charge in [-0.25, -0.2) is 13.1 Å². The van der Waals surface area contributed by atoms with Gasteiger partial charge >= 0.3 is 0 Å². The molecular formula is C15H19NO4S. The molecule has 0 bridgehead atoms.